The third-order valence-electron chi connectivity index (χ3n) is 3.07. The lowest BCUT2D eigenvalue weighted by molar-refractivity contribution is -0.121. The molecule has 1 fully saturated rings. The molecule has 1 aliphatic carbocycles. The Labute approximate surface area is 85.8 Å². The second kappa shape index (κ2) is 5.32. The molecule has 0 heterocycles. The quantitative estimate of drug-likeness (QED) is 0.666. The predicted octanol–water partition coefficient (Wildman–Crippen LogP) is -0.0659. The van der Waals surface area contributed by atoms with Crippen LogP contribution < -0.4 is 11.1 Å². The molecule has 2 atom stereocenters. The van der Waals surface area contributed by atoms with Gasteiger partial charge in [-0.15, -0.1) is 0 Å². The lowest BCUT2D eigenvalue weighted by atomic mass is 10.1. The van der Waals surface area contributed by atoms with Crippen molar-refractivity contribution in [2.45, 2.75) is 37.8 Å². The maximum Gasteiger partial charge on any atom is 0.221 e. The third-order valence-corrected chi connectivity index (χ3v) is 3.07. The number of hydrogen-bond acceptors (Lipinski definition) is 3. The van der Waals surface area contributed by atoms with E-state index in [2.05, 4.69) is 17.3 Å². The monoisotopic (exact) mass is 199 g/mol. The van der Waals surface area contributed by atoms with E-state index in [4.69, 9.17) is 5.73 Å². The van der Waals surface area contributed by atoms with Gasteiger partial charge in [-0.05, 0) is 19.9 Å². The predicted molar refractivity (Wildman–Crippen MR) is 56.9 cm³/mol. The molecule has 4 nitrogen and oxygen atoms in total. The number of carbonyl (C=O) groups excluding carboxylic acids is 1. The fourth-order valence-corrected chi connectivity index (χ4v) is 2.09. The van der Waals surface area contributed by atoms with E-state index < -0.39 is 0 Å². The zero-order valence-electron chi connectivity index (χ0n) is 9.12. The van der Waals surface area contributed by atoms with Crippen LogP contribution >= 0.6 is 0 Å². The van der Waals surface area contributed by atoms with Crippen molar-refractivity contribution in [3.8, 4) is 0 Å². The molecule has 1 saturated carbocycles. The summed E-state index contributed by atoms with van der Waals surface area (Å²) >= 11 is 0. The number of nitrogens with zero attached hydrogens (tertiary/aromatic N) is 1. The van der Waals surface area contributed by atoms with Gasteiger partial charge >= 0.3 is 0 Å². The highest BCUT2D eigenvalue weighted by atomic mass is 16.1. The Bertz CT molecular complexity index is 196. The molecule has 0 bridgehead atoms. The van der Waals surface area contributed by atoms with Crippen LogP contribution in [-0.2, 0) is 4.79 Å². The third kappa shape index (κ3) is 2.96. The van der Waals surface area contributed by atoms with Crippen molar-refractivity contribution in [2.75, 3.05) is 20.6 Å². The van der Waals surface area contributed by atoms with Crippen molar-refractivity contribution < 1.29 is 4.79 Å². The first-order chi connectivity index (χ1) is 6.65. The minimum Gasteiger partial charge on any atom is -0.359 e. The standard InChI is InChI=1S/C10H21N3O/c1-12-10(14)6-7-13(2)9-5-3-4-8(9)11/h8-9H,3-7,11H2,1-2H3,(H,12,14). The summed E-state index contributed by atoms with van der Waals surface area (Å²) in [4.78, 5) is 13.3. The second-order valence-corrected chi connectivity index (χ2v) is 4.07. The van der Waals surface area contributed by atoms with Crippen LogP contribution in [0.25, 0.3) is 0 Å². The van der Waals surface area contributed by atoms with Crippen LogP contribution in [0.15, 0.2) is 0 Å². The van der Waals surface area contributed by atoms with Crippen LogP contribution in [0.2, 0.25) is 0 Å². The van der Waals surface area contributed by atoms with E-state index >= 15 is 0 Å². The van der Waals surface area contributed by atoms with Gasteiger partial charge in [-0.3, -0.25) is 4.79 Å². The van der Waals surface area contributed by atoms with Crippen molar-refractivity contribution in [3.63, 3.8) is 0 Å². The number of nitrogens with one attached hydrogen (secondary N) is 1. The van der Waals surface area contributed by atoms with Gasteiger partial charge in [0.15, 0.2) is 0 Å². The molecule has 82 valence electrons. The van der Waals surface area contributed by atoms with Crippen molar-refractivity contribution >= 4 is 5.91 Å². The molecule has 2 unspecified atom stereocenters. The van der Waals surface area contributed by atoms with Crippen molar-refractivity contribution in [3.05, 3.63) is 0 Å². The van der Waals surface area contributed by atoms with Gasteiger partial charge in [-0.1, -0.05) is 6.42 Å². The molecule has 1 rings (SSSR count). The molecule has 0 aromatic rings. The molecular formula is C10H21N3O. The van der Waals surface area contributed by atoms with Crippen LogP contribution in [0.5, 0.6) is 0 Å². The van der Waals surface area contributed by atoms with E-state index in [-0.39, 0.29) is 5.91 Å². The maximum absolute atomic E-state index is 11.0. The highest BCUT2D eigenvalue weighted by Gasteiger charge is 2.27. The van der Waals surface area contributed by atoms with E-state index in [1.165, 1.54) is 12.8 Å². The zero-order valence-corrected chi connectivity index (χ0v) is 9.12. The number of amides is 1. The van der Waals surface area contributed by atoms with Crippen LogP contribution in [0.4, 0.5) is 0 Å². The van der Waals surface area contributed by atoms with E-state index in [0.29, 0.717) is 18.5 Å². The summed E-state index contributed by atoms with van der Waals surface area (Å²) in [6.45, 7) is 0.804. The lowest BCUT2D eigenvalue weighted by Crippen LogP contribution is -2.43. The van der Waals surface area contributed by atoms with Crippen LogP contribution in [0.1, 0.15) is 25.7 Å². The molecular weight excluding hydrogens is 178 g/mol. The van der Waals surface area contributed by atoms with Crippen molar-refractivity contribution in [1.29, 1.82) is 0 Å². The molecule has 0 aromatic carbocycles. The van der Waals surface area contributed by atoms with Crippen LogP contribution in [0, 0.1) is 0 Å². The molecule has 0 aliphatic heterocycles. The molecule has 0 aromatic heterocycles. The van der Waals surface area contributed by atoms with Gasteiger partial charge in [0, 0.05) is 32.1 Å². The van der Waals surface area contributed by atoms with Gasteiger partial charge < -0.3 is 16.0 Å². The van der Waals surface area contributed by atoms with Gasteiger partial charge in [-0.2, -0.15) is 0 Å². The molecule has 0 saturated heterocycles. The van der Waals surface area contributed by atoms with E-state index in [1.54, 1.807) is 7.05 Å². The van der Waals surface area contributed by atoms with E-state index in [0.717, 1.165) is 13.0 Å². The Hall–Kier alpha value is -0.610. The summed E-state index contributed by atoms with van der Waals surface area (Å²) in [5.41, 5.74) is 5.98. The number of hydrogen-bond donors (Lipinski definition) is 2. The van der Waals surface area contributed by atoms with E-state index in [1.807, 2.05) is 0 Å². The Morgan fingerprint density at radius 3 is 2.79 bits per heavy atom. The van der Waals surface area contributed by atoms with Crippen LogP contribution in [-0.4, -0.2) is 43.5 Å². The topological polar surface area (TPSA) is 58.4 Å². The minimum atomic E-state index is 0.100. The normalized spacial score (nSPS) is 26.9. The number of likely N-dealkylation sites (N-methyl/N-ethyl adjacent to an activating group) is 1. The highest BCUT2D eigenvalue weighted by molar-refractivity contribution is 5.75. The summed E-state index contributed by atoms with van der Waals surface area (Å²) in [7, 11) is 3.72. The Morgan fingerprint density at radius 1 is 1.57 bits per heavy atom. The molecule has 3 N–H and O–H groups in total. The number of nitrogens with two attached hydrogens (primary N) is 1. The molecule has 0 radical (unpaired) electrons. The van der Waals surface area contributed by atoms with Gasteiger partial charge in [0.1, 0.15) is 0 Å². The SMILES string of the molecule is CNC(=O)CCN(C)C1CCCC1N. The Kier molecular flexibility index (Phi) is 4.35. The van der Waals surface area contributed by atoms with Gasteiger partial charge in [-0.25, -0.2) is 0 Å². The molecule has 1 aliphatic rings. The summed E-state index contributed by atoms with van der Waals surface area (Å²) in [6.07, 6.45) is 4.08. The number of rotatable bonds is 4. The smallest absolute Gasteiger partial charge is 0.221 e. The first kappa shape index (κ1) is 11.5. The van der Waals surface area contributed by atoms with Crippen molar-refractivity contribution in [1.82, 2.24) is 10.2 Å². The second-order valence-electron chi connectivity index (χ2n) is 4.07. The highest BCUT2D eigenvalue weighted by Crippen LogP contribution is 2.21. The summed E-state index contributed by atoms with van der Waals surface area (Å²) in [5, 5.41) is 2.63. The fourth-order valence-electron chi connectivity index (χ4n) is 2.09. The van der Waals surface area contributed by atoms with Crippen LogP contribution in [0.3, 0.4) is 0 Å². The molecule has 14 heavy (non-hydrogen) atoms. The summed E-state index contributed by atoms with van der Waals surface area (Å²) in [5.74, 6) is 0.100. The first-order valence-electron chi connectivity index (χ1n) is 5.31. The molecule has 4 heteroatoms. The summed E-state index contributed by atoms with van der Waals surface area (Å²) < 4.78 is 0. The molecule has 0 spiro atoms. The zero-order chi connectivity index (χ0) is 10.6. The van der Waals surface area contributed by atoms with E-state index in [9.17, 15) is 4.79 Å². The Balaban J connectivity index is 2.27. The van der Waals surface area contributed by atoms with Gasteiger partial charge in [0.05, 0.1) is 0 Å². The Morgan fingerprint density at radius 2 is 2.29 bits per heavy atom. The average Bonchev–Trinajstić information content (AvgIpc) is 2.60. The van der Waals surface area contributed by atoms with Crippen molar-refractivity contribution in [2.24, 2.45) is 5.73 Å². The largest absolute Gasteiger partial charge is 0.359 e. The fraction of sp³-hybridized carbons (Fsp3) is 0.900. The van der Waals surface area contributed by atoms with Gasteiger partial charge in [0.25, 0.3) is 0 Å². The average molecular weight is 199 g/mol. The first-order valence-corrected chi connectivity index (χ1v) is 5.31. The minimum absolute atomic E-state index is 0.100. The van der Waals surface area contributed by atoms with Gasteiger partial charge in [0.2, 0.25) is 5.91 Å². The number of carbonyl (C=O) groups is 1. The molecule has 1 amide bonds. The summed E-state index contributed by atoms with van der Waals surface area (Å²) in [6, 6.07) is 0.768. The lowest BCUT2D eigenvalue weighted by Gasteiger charge is -2.27. The maximum atomic E-state index is 11.0.